The zero-order chi connectivity index (χ0) is 17.0. The lowest BCUT2D eigenvalue weighted by Gasteiger charge is -2.32. The average Bonchev–Trinajstić information content (AvgIpc) is 3.36. The Hall–Kier alpha value is -1.62. The van der Waals surface area contributed by atoms with E-state index in [2.05, 4.69) is 5.32 Å². The summed E-state index contributed by atoms with van der Waals surface area (Å²) in [6, 6.07) is 6.81. The summed E-state index contributed by atoms with van der Waals surface area (Å²) < 4.78 is 18.2. The van der Waals surface area contributed by atoms with Crippen LogP contribution in [0.15, 0.2) is 24.3 Å². The number of nitrogens with one attached hydrogen (secondary N) is 1. The highest BCUT2D eigenvalue weighted by atomic mass is 19.1. The number of ether oxygens (including phenoxy) is 1. The quantitative estimate of drug-likeness (QED) is 0.868. The smallest absolute Gasteiger partial charge is 0.317 e. The predicted octanol–water partition coefficient (Wildman–Crippen LogP) is 3.22. The van der Waals surface area contributed by atoms with Crippen LogP contribution in [-0.2, 0) is 11.2 Å². The summed E-state index contributed by atoms with van der Waals surface area (Å²) in [5.74, 6) is 0.384. The van der Waals surface area contributed by atoms with Crippen molar-refractivity contribution in [3.05, 3.63) is 35.6 Å². The molecule has 0 unspecified atom stereocenters. The number of hydrogen-bond donors (Lipinski definition) is 1. The van der Waals surface area contributed by atoms with Crippen LogP contribution in [0.25, 0.3) is 0 Å². The second-order valence-corrected chi connectivity index (χ2v) is 7.35. The zero-order valence-electron chi connectivity index (χ0n) is 14.4. The largest absolute Gasteiger partial charge is 0.384 e. The fourth-order valence-corrected chi connectivity index (χ4v) is 3.52. The number of methoxy groups -OCH3 is 1. The van der Waals surface area contributed by atoms with Gasteiger partial charge in [0.05, 0.1) is 6.61 Å². The molecule has 0 atom stereocenters. The first-order valence-corrected chi connectivity index (χ1v) is 8.86. The van der Waals surface area contributed by atoms with E-state index in [1.807, 2.05) is 17.0 Å². The third-order valence-corrected chi connectivity index (χ3v) is 5.36. The van der Waals surface area contributed by atoms with E-state index in [4.69, 9.17) is 4.74 Å². The molecule has 1 N–H and O–H groups in total. The highest BCUT2D eigenvalue weighted by Crippen LogP contribution is 2.45. The van der Waals surface area contributed by atoms with Gasteiger partial charge >= 0.3 is 6.03 Å². The number of piperidine rings is 1. The van der Waals surface area contributed by atoms with Gasteiger partial charge in [-0.2, -0.15) is 0 Å². The monoisotopic (exact) mass is 334 g/mol. The van der Waals surface area contributed by atoms with Crippen molar-refractivity contribution in [3.8, 4) is 0 Å². The number of urea groups is 1. The highest BCUT2D eigenvalue weighted by Gasteiger charge is 2.43. The van der Waals surface area contributed by atoms with E-state index in [1.165, 1.54) is 17.7 Å². The van der Waals surface area contributed by atoms with E-state index < -0.39 is 0 Å². The molecule has 1 saturated carbocycles. The lowest BCUT2D eigenvalue weighted by molar-refractivity contribution is 0.134. The number of carbonyl (C=O) groups excluding carboxylic acids is 1. The van der Waals surface area contributed by atoms with Crippen LogP contribution >= 0.6 is 0 Å². The fraction of sp³-hybridized carbons (Fsp3) is 0.632. The molecular weight excluding hydrogens is 307 g/mol. The predicted molar refractivity (Wildman–Crippen MR) is 91.3 cm³/mol. The Morgan fingerprint density at radius 1 is 1.29 bits per heavy atom. The molecule has 4 nitrogen and oxygen atoms in total. The van der Waals surface area contributed by atoms with Gasteiger partial charge < -0.3 is 15.0 Å². The molecule has 3 rings (SSSR count). The maximum atomic E-state index is 13.0. The van der Waals surface area contributed by atoms with Crippen molar-refractivity contribution >= 4 is 6.03 Å². The zero-order valence-corrected chi connectivity index (χ0v) is 14.4. The summed E-state index contributed by atoms with van der Waals surface area (Å²) in [5.41, 5.74) is 1.36. The van der Waals surface area contributed by atoms with Crippen molar-refractivity contribution in [1.29, 1.82) is 0 Å². The molecule has 1 aliphatic carbocycles. The number of rotatable bonds is 6. The number of carbonyl (C=O) groups is 1. The van der Waals surface area contributed by atoms with E-state index >= 15 is 0 Å². The molecule has 1 heterocycles. The van der Waals surface area contributed by atoms with E-state index in [1.54, 1.807) is 7.11 Å². The summed E-state index contributed by atoms with van der Waals surface area (Å²) in [6.45, 7) is 3.05. The number of halogens is 1. The molecule has 1 aromatic rings. The van der Waals surface area contributed by atoms with Crippen LogP contribution in [0, 0.1) is 17.2 Å². The normalized spacial score (nSPS) is 20.0. The molecule has 0 bridgehead atoms. The van der Waals surface area contributed by atoms with Crippen molar-refractivity contribution in [2.45, 2.75) is 32.1 Å². The Morgan fingerprint density at radius 3 is 2.54 bits per heavy atom. The van der Waals surface area contributed by atoms with Crippen LogP contribution in [0.3, 0.4) is 0 Å². The second kappa shape index (κ2) is 7.51. The topological polar surface area (TPSA) is 41.6 Å². The van der Waals surface area contributed by atoms with Gasteiger partial charge in [0, 0.05) is 32.2 Å². The highest BCUT2D eigenvalue weighted by molar-refractivity contribution is 5.74. The summed E-state index contributed by atoms with van der Waals surface area (Å²) in [5, 5.41) is 3.08. The Bertz CT molecular complexity index is 549. The molecule has 0 aromatic heterocycles. The number of benzene rings is 1. The molecular formula is C19H27FN2O2. The lowest BCUT2D eigenvalue weighted by Crippen LogP contribution is -2.46. The van der Waals surface area contributed by atoms with Crippen molar-refractivity contribution < 1.29 is 13.9 Å². The second-order valence-electron chi connectivity index (χ2n) is 7.35. The minimum atomic E-state index is -0.188. The number of hydrogen-bond acceptors (Lipinski definition) is 2. The van der Waals surface area contributed by atoms with Crippen LogP contribution in [0.5, 0.6) is 0 Å². The van der Waals surface area contributed by atoms with Gasteiger partial charge in [-0.25, -0.2) is 9.18 Å². The maximum Gasteiger partial charge on any atom is 0.317 e. The molecule has 0 radical (unpaired) electrons. The van der Waals surface area contributed by atoms with Crippen molar-refractivity contribution in [1.82, 2.24) is 10.2 Å². The molecule has 132 valence electrons. The number of likely N-dealkylation sites (tertiary alicyclic amines) is 1. The van der Waals surface area contributed by atoms with Crippen LogP contribution in [0.2, 0.25) is 0 Å². The summed E-state index contributed by atoms with van der Waals surface area (Å²) in [6.07, 6.45) is 5.26. The van der Waals surface area contributed by atoms with Crippen LogP contribution < -0.4 is 5.32 Å². The third-order valence-electron chi connectivity index (χ3n) is 5.36. The van der Waals surface area contributed by atoms with E-state index in [0.29, 0.717) is 5.92 Å². The van der Waals surface area contributed by atoms with Gasteiger partial charge in [-0.05, 0) is 55.7 Å². The maximum absolute atomic E-state index is 13.0. The van der Waals surface area contributed by atoms with E-state index in [9.17, 15) is 9.18 Å². The number of amides is 2. The molecule has 24 heavy (non-hydrogen) atoms. The standard InChI is InChI=1S/C19H27FN2O2/c1-24-14-19(8-9-19)13-21-18(23)22-10-6-16(7-11-22)12-15-2-4-17(20)5-3-15/h2-5,16H,6-14H2,1H3,(H,21,23). The van der Waals surface area contributed by atoms with Gasteiger partial charge in [0.1, 0.15) is 5.82 Å². The Labute approximate surface area is 143 Å². The summed E-state index contributed by atoms with van der Waals surface area (Å²) in [7, 11) is 1.72. The van der Waals surface area contributed by atoms with Crippen LogP contribution in [0.4, 0.5) is 9.18 Å². The molecule has 5 heteroatoms. The molecule has 1 saturated heterocycles. The van der Waals surface area contributed by atoms with Crippen molar-refractivity contribution in [2.24, 2.45) is 11.3 Å². The van der Waals surface area contributed by atoms with Gasteiger partial charge in [0.2, 0.25) is 0 Å². The van der Waals surface area contributed by atoms with Crippen molar-refractivity contribution in [2.75, 3.05) is 33.4 Å². The lowest BCUT2D eigenvalue weighted by atomic mass is 9.90. The van der Waals surface area contributed by atoms with Gasteiger partial charge in [-0.15, -0.1) is 0 Å². The molecule has 2 fully saturated rings. The first-order chi connectivity index (χ1) is 11.6. The number of nitrogens with zero attached hydrogens (tertiary/aromatic N) is 1. The fourth-order valence-electron chi connectivity index (χ4n) is 3.52. The summed E-state index contributed by atoms with van der Waals surface area (Å²) in [4.78, 5) is 14.2. The minimum absolute atomic E-state index is 0.0533. The van der Waals surface area contributed by atoms with E-state index in [0.717, 1.165) is 58.3 Å². The van der Waals surface area contributed by atoms with E-state index in [-0.39, 0.29) is 17.3 Å². The first-order valence-electron chi connectivity index (χ1n) is 8.86. The Kier molecular flexibility index (Phi) is 5.39. The molecule has 2 aliphatic rings. The molecule has 2 amide bonds. The van der Waals surface area contributed by atoms with Crippen LogP contribution in [-0.4, -0.2) is 44.3 Å². The Morgan fingerprint density at radius 2 is 1.96 bits per heavy atom. The van der Waals surface area contributed by atoms with Crippen LogP contribution in [0.1, 0.15) is 31.2 Å². The first kappa shape index (κ1) is 17.2. The van der Waals surface area contributed by atoms with Gasteiger partial charge in [0.25, 0.3) is 0 Å². The Balaban J connectivity index is 1.40. The van der Waals surface area contributed by atoms with Gasteiger partial charge in [-0.1, -0.05) is 12.1 Å². The minimum Gasteiger partial charge on any atom is -0.384 e. The summed E-state index contributed by atoms with van der Waals surface area (Å²) >= 11 is 0. The SMILES string of the molecule is COCC1(CNC(=O)N2CCC(Cc3ccc(F)cc3)CC2)CC1. The molecule has 1 aliphatic heterocycles. The average molecular weight is 334 g/mol. The van der Waals surface area contributed by atoms with Gasteiger partial charge in [0.15, 0.2) is 0 Å². The van der Waals surface area contributed by atoms with Crippen molar-refractivity contribution in [3.63, 3.8) is 0 Å². The van der Waals surface area contributed by atoms with Gasteiger partial charge in [-0.3, -0.25) is 0 Å². The molecule has 1 aromatic carbocycles. The molecule has 0 spiro atoms. The third kappa shape index (κ3) is 4.47.